The number of sulfonamides is 1. The molecule has 1 aromatic carbocycles. The number of hydrogen-bond donors (Lipinski definition) is 1. The quantitative estimate of drug-likeness (QED) is 0.670. The Morgan fingerprint density at radius 3 is 1.80 bits per heavy atom. The monoisotopic (exact) mass is 321 g/mol. The third-order valence-corrected chi connectivity index (χ3v) is 3.09. The van der Waals surface area contributed by atoms with Crippen molar-refractivity contribution in [2.75, 3.05) is 0 Å². The van der Waals surface area contributed by atoms with Crippen LogP contribution in [0.5, 0.6) is 0 Å². The molecule has 0 bridgehead atoms. The van der Waals surface area contributed by atoms with Crippen molar-refractivity contribution in [2.24, 2.45) is 5.14 Å². The molecule has 0 amide bonds. The van der Waals surface area contributed by atoms with Crippen molar-refractivity contribution in [2.45, 2.75) is 17.2 Å². The molecule has 0 saturated carbocycles. The van der Waals surface area contributed by atoms with E-state index in [1.54, 1.807) is 0 Å². The highest BCUT2D eigenvalue weighted by atomic mass is 32.2. The normalized spacial score (nSPS) is 13.3. The van der Waals surface area contributed by atoms with Crippen molar-refractivity contribution < 1.29 is 39.6 Å². The minimum atomic E-state index is -5.62. The first kappa shape index (κ1) is 16.4. The summed E-state index contributed by atoms with van der Waals surface area (Å²) in [5.41, 5.74) is -5.63. The van der Waals surface area contributed by atoms with Gasteiger partial charge in [-0.2, -0.15) is 26.3 Å². The van der Waals surface area contributed by atoms with Crippen molar-refractivity contribution in [1.29, 1.82) is 0 Å². The van der Waals surface area contributed by atoms with Gasteiger partial charge >= 0.3 is 12.4 Å². The van der Waals surface area contributed by atoms with Gasteiger partial charge in [-0.25, -0.2) is 13.6 Å². The van der Waals surface area contributed by atoms with E-state index in [0.717, 1.165) is 0 Å². The second-order valence-electron chi connectivity index (χ2n) is 3.60. The van der Waals surface area contributed by atoms with Crippen molar-refractivity contribution in [1.82, 2.24) is 0 Å². The lowest BCUT2D eigenvalue weighted by atomic mass is 10.0. The first-order valence-electron chi connectivity index (χ1n) is 4.59. The SMILES string of the molecule is NS(=O)(=O)c1cc(C=O)cc(C(F)(F)F)c1C(F)(F)F. The molecule has 1 aromatic rings. The van der Waals surface area contributed by atoms with E-state index in [2.05, 4.69) is 5.14 Å². The van der Waals surface area contributed by atoms with Crippen molar-refractivity contribution in [3.05, 3.63) is 28.8 Å². The molecule has 0 aliphatic rings. The van der Waals surface area contributed by atoms with E-state index in [1.165, 1.54) is 0 Å². The Kier molecular flexibility index (Phi) is 3.89. The molecule has 0 spiro atoms. The van der Waals surface area contributed by atoms with Gasteiger partial charge < -0.3 is 0 Å². The van der Waals surface area contributed by atoms with Gasteiger partial charge in [0.05, 0.1) is 16.0 Å². The van der Waals surface area contributed by atoms with Crippen LogP contribution in [0.1, 0.15) is 21.5 Å². The Bertz CT molecular complexity index is 647. The smallest absolute Gasteiger partial charge is 0.298 e. The zero-order valence-corrected chi connectivity index (χ0v) is 10.0. The largest absolute Gasteiger partial charge is 0.418 e. The van der Waals surface area contributed by atoms with Crippen LogP contribution in [-0.2, 0) is 22.4 Å². The molecule has 0 aromatic heterocycles. The van der Waals surface area contributed by atoms with Crippen LogP contribution in [-0.4, -0.2) is 14.7 Å². The van der Waals surface area contributed by atoms with E-state index in [0.29, 0.717) is 0 Å². The summed E-state index contributed by atoms with van der Waals surface area (Å²) >= 11 is 0. The lowest BCUT2D eigenvalue weighted by molar-refractivity contribution is -0.163. The van der Waals surface area contributed by atoms with Crippen LogP contribution in [0, 0.1) is 0 Å². The van der Waals surface area contributed by atoms with Gasteiger partial charge in [0.15, 0.2) is 0 Å². The molecule has 112 valence electrons. The van der Waals surface area contributed by atoms with Crippen LogP contribution < -0.4 is 5.14 Å². The highest BCUT2D eigenvalue weighted by molar-refractivity contribution is 7.89. The van der Waals surface area contributed by atoms with Crippen molar-refractivity contribution in [3.8, 4) is 0 Å². The van der Waals surface area contributed by atoms with Gasteiger partial charge in [-0.05, 0) is 12.1 Å². The third-order valence-electron chi connectivity index (χ3n) is 2.16. The fourth-order valence-corrected chi connectivity index (χ4v) is 2.26. The number of hydrogen-bond acceptors (Lipinski definition) is 3. The van der Waals surface area contributed by atoms with Gasteiger partial charge in [-0.3, -0.25) is 4.79 Å². The predicted molar refractivity (Wildman–Crippen MR) is 53.2 cm³/mol. The molecule has 0 aliphatic carbocycles. The fraction of sp³-hybridized carbons (Fsp3) is 0.222. The molecule has 11 heteroatoms. The first-order chi connectivity index (χ1) is 8.78. The van der Waals surface area contributed by atoms with E-state index >= 15 is 0 Å². The Hall–Kier alpha value is -1.62. The lowest BCUT2D eigenvalue weighted by Gasteiger charge is -2.18. The van der Waals surface area contributed by atoms with E-state index < -0.39 is 44.0 Å². The van der Waals surface area contributed by atoms with Gasteiger partial charge in [0.25, 0.3) is 0 Å². The van der Waals surface area contributed by atoms with E-state index in [-0.39, 0.29) is 18.4 Å². The Labute approximate surface area is 108 Å². The summed E-state index contributed by atoms with van der Waals surface area (Å²) in [7, 11) is -5.11. The summed E-state index contributed by atoms with van der Waals surface area (Å²) in [6.07, 6.45) is -11.3. The summed E-state index contributed by atoms with van der Waals surface area (Å²) in [5, 5.41) is 4.48. The molecule has 0 atom stereocenters. The average molecular weight is 321 g/mol. The highest BCUT2D eigenvalue weighted by Gasteiger charge is 2.47. The topological polar surface area (TPSA) is 77.2 Å². The van der Waals surface area contributed by atoms with Crippen LogP contribution in [0.2, 0.25) is 0 Å². The Morgan fingerprint density at radius 1 is 1.00 bits per heavy atom. The second kappa shape index (κ2) is 4.74. The third kappa shape index (κ3) is 3.28. The molecular weight excluding hydrogens is 316 g/mol. The van der Waals surface area contributed by atoms with Crippen LogP contribution in [0.3, 0.4) is 0 Å². The summed E-state index contributed by atoms with van der Waals surface area (Å²) in [5.74, 6) is 0. The van der Waals surface area contributed by atoms with Crippen LogP contribution in [0.25, 0.3) is 0 Å². The number of rotatable bonds is 2. The molecule has 4 nitrogen and oxygen atoms in total. The number of nitrogens with two attached hydrogens (primary N) is 1. The van der Waals surface area contributed by atoms with Gasteiger partial charge in [0.1, 0.15) is 6.29 Å². The molecule has 0 fully saturated rings. The molecule has 20 heavy (non-hydrogen) atoms. The summed E-state index contributed by atoms with van der Waals surface area (Å²) in [6, 6.07) is 0.0465. The maximum atomic E-state index is 12.7. The van der Waals surface area contributed by atoms with Gasteiger partial charge in [-0.1, -0.05) is 0 Å². The van der Waals surface area contributed by atoms with Crippen LogP contribution in [0.4, 0.5) is 26.3 Å². The molecular formula is C9H5F6NO3S. The lowest BCUT2D eigenvalue weighted by Crippen LogP contribution is -2.24. The Morgan fingerprint density at radius 2 is 1.50 bits per heavy atom. The summed E-state index contributed by atoms with van der Waals surface area (Å²) in [6.45, 7) is 0. The number of halogens is 6. The zero-order valence-electron chi connectivity index (χ0n) is 9.21. The molecule has 0 unspecified atom stereocenters. The molecule has 2 N–H and O–H groups in total. The summed E-state index contributed by atoms with van der Waals surface area (Å²) in [4.78, 5) is 8.64. The van der Waals surface area contributed by atoms with Gasteiger partial charge in [0, 0.05) is 5.56 Å². The molecule has 0 radical (unpaired) electrons. The minimum Gasteiger partial charge on any atom is -0.298 e. The van der Waals surface area contributed by atoms with Crippen LogP contribution in [0.15, 0.2) is 17.0 Å². The number of primary sulfonamides is 1. The second-order valence-corrected chi connectivity index (χ2v) is 5.13. The molecule has 0 aliphatic heterocycles. The van der Waals surface area contributed by atoms with Crippen LogP contribution >= 0.6 is 0 Å². The minimum absolute atomic E-state index is 0.0928. The number of carbonyl (C=O) groups excluding carboxylic acids is 1. The predicted octanol–water partition coefficient (Wildman–Crippen LogP) is 2.18. The first-order valence-corrected chi connectivity index (χ1v) is 6.13. The Balaban J connectivity index is 3.98. The van der Waals surface area contributed by atoms with Crippen molar-refractivity contribution >= 4 is 16.3 Å². The molecule has 0 saturated heterocycles. The number of alkyl halides is 6. The molecule has 1 rings (SSSR count). The van der Waals surface area contributed by atoms with Gasteiger partial charge in [-0.15, -0.1) is 0 Å². The average Bonchev–Trinajstić information content (AvgIpc) is 2.23. The number of benzene rings is 1. The maximum Gasteiger partial charge on any atom is 0.418 e. The number of carbonyl (C=O) groups is 1. The van der Waals surface area contributed by atoms with E-state index in [1.807, 2.05) is 0 Å². The zero-order chi connectivity index (χ0) is 15.9. The summed E-state index contributed by atoms with van der Waals surface area (Å²) < 4.78 is 98.0. The molecule has 0 heterocycles. The van der Waals surface area contributed by atoms with Gasteiger partial charge in [0.2, 0.25) is 10.0 Å². The fourth-order valence-electron chi connectivity index (χ4n) is 1.45. The number of aldehydes is 1. The van der Waals surface area contributed by atoms with Crippen molar-refractivity contribution in [3.63, 3.8) is 0 Å². The maximum absolute atomic E-state index is 12.7. The van der Waals surface area contributed by atoms with E-state index in [9.17, 15) is 39.6 Å². The van der Waals surface area contributed by atoms with E-state index in [4.69, 9.17) is 0 Å². The highest BCUT2D eigenvalue weighted by Crippen LogP contribution is 2.43. The standard InChI is InChI=1S/C9H5F6NO3S/c10-8(11,12)5-1-4(3-17)2-6(20(16,18)19)7(5)9(13,14)15/h1-3H,(H2,16,18,19).